The average Bonchev–Trinajstić information content (AvgIpc) is 2.26. The van der Waals surface area contributed by atoms with E-state index in [1.165, 1.54) is 6.42 Å². The first kappa shape index (κ1) is 12.7. The molecule has 0 aromatic heterocycles. The first-order valence-corrected chi connectivity index (χ1v) is 6.09. The number of thiol groups is 1. The molecule has 0 radical (unpaired) electrons. The highest BCUT2D eigenvalue weighted by Crippen LogP contribution is 2.21. The maximum absolute atomic E-state index is 11.8. The molecule has 0 bridgehead atoms. The van der Waals surface area contributed by atoms with Gasteiger partial charge in [0.25, 0.3) is 0 Å². The van der Waals surface area contributed by atoms with Gasteiger partial charge in [0.15, 0.2) is 0 Å². The third kappa shape index (κ3) is 4.33. The Morgan fingerprint density at radius 1 is 1.33 bits per heavy atom. The van der Waals surface area contributed by atoms with Crippen LogP contribution in [-0.4, -0.2) is 28.5 Å². The Bertz CT molecular complexity index is 225. The van der Waals surface area contributed by atoms with Crippen molar-refractivity contribution in [2.24, 2.45) is 0 Å². The quantitative estimate of drug-likeness (QED) is 0.649. The van der Waals surface area contributed by atoms with Gasteiger partial charge in [-0.25, -0.2) is 4.79 Å². The molecule has 1 aliphatic heterocycles. The van der Waals surface area contributed by atoms with Gasteiger partial charge in [0, 0.05) is 6.54 Å². The summed E-state index contributed by atoms with van der Waals surface area (Å²) in [7, 11) is 0. The largest absolute Gasteiger partial charge is 0.444 e. The summed E-state index contributed by atoms with van der Waals surface area (Å²) >= 11 is 4.44. The molecule has 1 amide bonds. The van der Waals surface area contributed by atoms with E-state index in [1.807, 2.05) is 20.8 Å². The Balaban J connectivity index is 2.56. The molecular formula is C11H21NO2S. The van der Waals surface area contributed by atoms with Gasteiger partial charge in [0.05, 0.1) is 5.37 Å². The Kier molecular flexibility index (Phi) is 4.32. The van der Waals surface area contributed by atoms with Crippen molar-refractivity contribution in [2.45, 2.75) is 57.4 Å². The van der Waals surface area contributed by atoms with E-state index in [0.29, 0.717) is 0 Å². The van der Waals surface area contributed by atoms with Crippen LogP contribution in [0.4, 0.5) is 4.79 Å². The van der Waals surface area contributed by atoms with Gasteiger partial charge in [0.1, 0.15) is 5.60 Å². The van der Waals surface area contributed by atoms with Gasteiger partial charge in [-0.3, -0.25) is 4.90 Å². The summed E-state index contributed by atoms with van der Waals surface area (Å²) in [5.41, 5.74) is -0.420. The second-order valence-corrected chi connectivity index (χ2v) is 5.60. The van der Waals surface area contributed by atoms with Crippen LogP contribution in [0.5, 0.6) is 0 Å². The van der Waals surface area contributed by atoms with E-state index in [2.05, 4.69) is 12.6 Å². The highest BCUT2D eigenvalue weighted by atomic mass is 32.1. The lowest BCUT2D eigenvalue weighted by Crippen LogP contribution is -2.40. The predicted molar refractivity (Wildman–Crippen MR) is 64.2 cm³/mol. The van der Waals surface area contributed by atoms with E-state index < -0.39 is 5.60 Å². The van der Waals surface area contributed by atoms with Crippen LogP contribution in [0.25, 0.3) is 0 Å². The van der Waals surface area contributed by atoms with Gasteiger partial charge in [-0.1, -0.05) is 12.8 Å². The summed E-state index contributed by atoms with van der Waals surface area (Å²) in [4.78, 5) is 13.6. The van der Waals surface area contributed by atoms with Gasteiger partial charge in [-0.15, -0.1) is 0 Å². The van der Waals surface area contributed by atoms with Crippen LogP contribution in [-0.2, 0) is 4.74 Å². The Labute approximate surface area is 97.6 Å². The fraction of sp³-hybridized carbons (Fsp3) is 0.909. The maximum atomic E-state index is 11.8. The minimum atomic E-state index is -0.420. The van der Waals surface area contributed by atoms with Gasteiger partial charge in [-0.2, -0.15) is 12.6 Å². The molecule has 15 heavy (non-hydrogen) atoms. The molecule has 1 heterocycles. The molecule has 1 saturated heterocycles. The van der Waals surface area contributed by atoms with Crippen molar-refractivity contribution in [3.05, 3.63) is 0 Å². The summed E-state index contributed by atoms with van der Waals surface area (Å²) in [6, 6.07) is 0. The SMILES string of the molecule is CC(C)(C)OC(=O)N1CCCCC[C@H]1S. The van der Waals surface area contributed by atoms with Crippen LogP contribution >= 0.6 is 12.6 Å². The van der Waals surface area contributed by atoms with Gasteiger partial charge in [0.2, 0.25) is 0 Å². The van der Waals surface area contributed by atoms with Gasteiger partial charge in [-0.05, 0) is 33.6 Å². The van der Waals surface area contributed by atoms with Crippen LogP contribution in [0, 0.1) is 0 Å². The highest BCUT2D eigenvalue weighted by Gasteiger charge is 2.27. The molecule has 0 saturated carbocycles. The van der Waals surface area contributed by atoms with Crippen molar-refractivity contribution in [3.8, 4) is 0 Å². The number of likely N-dealkylation sites (tertiary alicyclic amines) is 1. The molecule has 1 rings (SSSR count). The smallest absolute Gasteiger partial charge is 0.411 e. The average molecular weight is 231 g/mol. The number of carbonyl (C=O) groups is 1. The second-order valence-electron chi connectivity index (χ2n) is 5.00. The van der Waals surface area contributed by atoms with Crippen molar-refractivity contribution < 1.29 is 9.53 Å². The number of nitrogens with zero attached hydrogens (tertiary/aromatic N) is 1. The zero-order chi connectivity index (χ0) is 11.5. The Hall–Kier alpha value is -0.380. The number of ether oxygens (including phenoxy) is 1. The first-order chi connectivity index (χ1) is 6.90. The van der Waals surface area contributed by atoms with Crippen molar-refractivity contribution in [1.29, 1.82) is 0 Å². The lowest BCUT2D eigenvalue weighted by atomic mass is 10.2. The van der Waals surface area contributed by atoms with Crippen LogP contribution in [0.2, 0.25) is 0 Å². The van der Waals surface area contributed by atoms with Crippen LogP contribution in [0.1, 0.15) is 46.5 Å². The van der Waals surface area contributed by atoms with E-state index in [-0.39, 0.29) is 11.5 Å². The number of rotatable bonds is 0. The first-order valence-electron chi connectivity index (χ1n) is 5.58. The molecule has 0 aliphatic carbocycles. The Morgan fingerprint density at radius 3 is 2.60 bits per heavy atom. The molecule has 88 valence electrons. The normalized spacial score (nSPS) is 23.5. The minimum absolute atomic E-state index is 0.0161. The molecule has 0 unspecified atom stereocenters. The van der Waals surface area contributed by atoms with Crippen LogP contribution < -0.4 is 0 Å². The third-order valence-corrected chi connectivity index (χ3v) is 2.89. The summed E-state index contributed by atoms with van der Waals surface area (Å²) in [5, 5.41) is 0.0161. The molecule has 0 aromatic carbocycles. The van der Waals surface area contributed by atoms with Crippen molar-refractivity contribution in [2.75, 3.05) is 6.54 Å². The molecule has 0 spiro atoms. The number of hydrogen-bond donors (Lipinski definition) is 1. The van der Waals surface area contributed by atoms with Crippen LogP contribution in [0.3, 0.4) is 0 Å². The predicted octanol–water partition coefficient (Wildman–Crippen LogP) is 3.05. The summed E-state index contributed by atoms with van der Waals surface area (Å²) in [6.07, 6.45) is 4.10. The van der Waals surface area contributed by atoms with E-state index in [9.17, 15) is 4.79 Å². The molecular weight excluding hydrogens is 210 g/mol. The molecule has 4 heteroatoms. The minimum Gasteiger partial charge on any atom is -0.444 e. The fourth-order valence-electron chi connectivity index (χ4n) is 1.62. The zero-order valence-electron chi connectivity index (χ0n) is 9.82. The Morgan fingerprint density at radius 2 is 2.00 bits per heavy atom. The standard InChI is InChI=1S/C11H21NO2S/c1-11(2,3)14-10(13)12-8-6-4-5-7-9(12)15/h9,15H,4-8H2,1-3H3/t9-/m1/s1. The lowest BCUT2D eigenvalue weighted by molar-refractivity contribution is 0.0235. The summed E-state index contributed by atoms with van der Waals surface area (Å²) < 4.78 is 5.34. The van der Waals surface area contributed by atoms with Crippen molar-refractivity contribution >= 4 is 18.7 Å². The topological polar surface area (TPSA) is 29.5 Å². The molecule has 0 N–H and O–H groups in total. The van der Waals surface area contributed by atoms with E-state index >= 15 is 0 Å². The molecule has 3 nitrogen and oxygen atoms in total. The summed E-state index contributed by atoms with van der Waals surface area (Å²) in [6.45, 7) is 6.42. The summed E-state index contributed by atoms with van der Waals surface area (Å²) in [5.74, 6) is 0. The molecule has 1 atom stereocenters. The molecule has 1 fully saturated rings. The van der Waals surface area contributed by atoms with E-state index in [4.69, 9.17) is 4.74 Å². The van der Waals surface area contributed by atoms with Crippen molar-refractivity contribution in [1.82, 2.24) is 4.90 Å². The van der Waals surface area contributed by atoms with Crippen molar-refractivity contribution in [3.63, 3.8) is 0 Å². The van der Waals surface area contributed by atoms with Gasteiger partial charge < -0.3 is 4.74 Å². The van der Waals surface area contributed by atoms with Crippen LogP contribution in [0.15, 0.2) is 0 Å². The lowest BCUT2D eigenvalue weighted by Gasteiger charge is -2.29. The number of carbonyl (C=O) groups excluding carboxylic acids is 1. The maximum Gasteiger partial charge on any atom is 0.411 e. The van der Waals surface area contributed by atoms with Gasteiger partial charge >= 0.3 is 6.09 Å². The monoisotopic (exact) mass is 231 g/mol. The number of hydrogen-bond acceptors (Lipinski definition) is 3. The third-order valence-electron chi connectivity index (χ3n) is 2.35. The molecule has 0 aromatic rings. The number of amides is 1. The molecule has 1 aliphatic rings. The highest BCUT2D eigenvalue weighted by molar-refractivity contribution is 7.80. The fourth-order valence-corrected chi connectivity index (χ4v) is 2.02. The van der Waals surface area contributed by atoms with E-state index in [0.717, 1.165) is 25.8 Å². The second kappa shape index (κ2) is 5.10. The van der Waals surface area contributed by atoms with E-state index in [1.54, 1.807) is 4.90 Å². The zero-order valence-corrected chi connectivity index (χ0v) is 10.7.